The maximum atomic E-state index is 6.14. The molecule has 20 heavy (non-hydrogen) atoms. The van der Waals surface area contributed by atoms with E-state index in [1.54, 1.807) is 0 Å². The zero-order valence-corrected chi connectivity index (χ0v) is 14.3. The zero-order valence-electron chi connectivity index (χ0n) is 11.2. The van der Waals surface area contributed by atoms with Gasteiger partial charge in [-0.05, 0) is 54.4 Å². The summed E-state index contributed by atoms with van der Waals surface area (Å²) >= 11 is 15.7. The summed E-state index contributed by atoms with van der Waals surface area (Å²) < 4.78 is 0.994. The number of likely N-dealkylation sites (N-methyl/N-ethyl adjacent to an activating group) is 1. The molecule has 2 aromatic carbocycles. The van der Waals surface area contributed by atoms with Gasteiger partial charge >= 0.3 is 0 Å². The average molecular weight is 373 g/mol. The summed E-state index contributed by atoms with van der Waals surface area (Å²) in [5.41, 5.74) is 2.38. The molecule has 0 fully saturated rings. The Bertz CT molecular complexity index is 566. The molecule has 0 bridgehead atoms. The van der Waals surface area contributed by atoms with Crippen LogP contribution in [0.5, 0.6) is 0 Å². The lowest BCUT2D eigenvalue weighted by Crippen LogP contribution is -2.23. The van der Waals surface area contributed by atoms with Crippen molar-refractivity contribution in [1.29, 1.82) is 0 Å². The first-order valence-electron chi connectivity index (χ1n) is 6.52. The molecule has 0 heterocycles. The van der Waals surface area contributed by atoms with Crippen molar-refractivity contribution >= 4 is 39.1 Å². The Hall–Kier alpha value is -0.540. The third-order valence-electron chi connectivity index (χ3n) is 3.07. The van der Waals surface area contributed by atoms with E-state index in [0.717, 1.165) is 27.5 Å². The van der Waals surface area contributed by atoms with Crippen LogP contribution in [0, 0.1) is 0 Å². The molecule has 2 rings (SSSR count). The number of rotatable bonds is 5. The van der Waals surface area contributed by atoms with Crippen LogP contribution in [-0.4, -0.2) is 6.54 Å². The number of nitrogens with one attached hydrogen (secondary N) is 1. The minimum atomic E-state index is 0.216. The number of hydrogen-bond acceptors (Lipinski definition) is 1. The Balaban J connectivity index is 2.26. The van der Waals surface area contributed by atoms with Gasteiger partial charge in [-0.2, -0.15) is 0 Å². The maximum absolute atomic E-state index is 6.14. The average Bonchev–Trinajstić information content (AvgIpc) is 2.37. The predicted octanol–water partition coefficient (Wildman–Crippen LogP) is 5.65. The smallest absolute Gasteiger partial charge is 0.0420 e. The molecule has 0 spiro atoms. The van der Waals surface area contributed by atoms with Gasteiger partial charge in [-0.3, -0.25) is 0 Å². The summed E-state index contributed by atoms with van der Waals surface area (Å²) in [4.78, 5) is 0. The van der Waals surface area contributed by atoms with Crippen LogP contribution in [0.25, 0.3) is 0 Å². The van der Waals surface area contributed by atoms with Crippen LogP contribution in [0.2, 0.25) is 10.0 Å². The van der Waals surface area contributed by atoms with E-state index in [9.17, 15) is 0 Å². The minimum absolute atomic E-state index is 0.216. The van der Waals surface area contributed by atoms with Gasteiger partial charge in [-0.1, -0.05) is 58.2 Å². The molecule has 0 aromatic heterocycles. The van der Waals surface area contributed by atoms with Crippen molar-refractivity contribution in [2.24, 2.45) is 0 Å². The van der Waals surface area contributed by atoms with Crippen LogP contribution in [0.15, 0.2) is 46.9 Å². The molecule has 1 N–H and O–H groups in total. The molecule has 0 aliphatic carbocycles. The van der Waals surface area contributed by atoms with Crippen molar-refractivity contribution in [3.8, 4) is 0 Å². The van der Waals surface area contributed by atoms with E-state index >= 15 is 0 Å². The summed E-state index contributed by atoms with van der Waals surface area (Å²) in [5.74, 6) is 0. The van der Waals surface area contributed by atoms with Gasteiger partial charge in [0.2, 0.25) is 0 Å². The van der Waals surface area contributed by atoms with Crippen LogP contribution in [0.1, 0.15) is 24.1 Å². The van der Waals surface area contributed by atoms with Crippen molar-refractivity contribution < 1.29 is 0 Å². The first kappa shape index (κ1) is 15.8. The van der Waals surface area contributed by atoms with Gasteiger partial charge in [0.25, 0.3) is 0 Å². The molecule has 1 atom stereocenters. The van der Waals surface area contributed by atoms with E-state index in [1.807, 2.05) is 30.3 Å². The molecule has 0 saturated heterocycles. The third-order valence-corrected chi connectivity index (χ3v) is 3.98. The van der Waals surface area contributed by atoms with Crippen molar-refractivity contribution in [3.63, 3.8) is 0 Å². The Morgan fingerprint density at radius 1 is 1.10 bits per heavy atom. The second-order valence-electron chi connectivity index (χ2n) is 4.65. The Morgan fingerprint density at radius 3 is 2.55 bits per heavy atom. The van der Waals surface area contributed by atoms with Crippen LogP contribution in [0.4, 0.5) is 0 Å². The van der Waals surface area contributed by atoms with Crippen LogP contribution >= 0.6 is 39.1 Å². The van der Waals surface area contributed by atoms with Crippen LogP contribution in [0.3, 0.4) is 0 Å². The van der Waals surface area contributed by atoms with E-state index in [0.29, 0.717) is 0 Å². The van der Waals surface area contributed by atoms with Gasteiger partial charge in [-0.15, -0.1) is 0 Å². The highest BCUT2D eigenvalue weighted by atomic mass is 79.9. The van der Waals surface area contributed by atoms with Crippen molar-refractivity contribution in [1.82, 2.24) is 5.32 Å². The largest absolute Gasteiger partial charge is 0.310 e. The first-order valence-corrected chi connectivity index (χ1v) is 8.07. The molecule has 1 unspecified atom stereocenters. The molecule has 0 saturated carbocycles. The maximum Gasteiger partial charge on any atom is 0.0420 e. The molecule has 0 aliphatic rings. The summed E-state index contributed by atoms with van der Waals surface area (Å²) in [6.07, 6.45) is 0.876. The van der Waals surface area contributed by atoms with E-state index in [4.69, 9.17) is 23.2 Å². The summed E-state index contributed by atoms with van der Waals surface area (Å²) in [7, 11) is 0. The summed E-state index contributed by atoms with van der Waals surface area (Å²) in [5, 5.41) is 5.01. The lowest BCUT2D eigenvalue weighted by atomic mass is 9.99. The molecule has 0 amide bonds. The third kappa shape index (κ3) is 4.49. The van der Waals surface area contributed by atoms with Gasteiger partial charge in [0.1, 0.15) is 0 Å². The lowest BCUT2D eigenvalue weighted by Gasteiger charge is -2.19. The molecule has 4 heteroatoms. The number of benzene rings is 2. The minimum Gasteiger partial charge on any atom is -0.310 e. The standard InChI is InChI=1S/C16H16BrCl2N/c1-2-20-16(7-11-4-3-5-14(18)6-11)12-8-13(17)10-15(19)9-12/h3-6,8-10,16,20H,2,7H2,1H3. The van der Waals surface area contributed by atoms with Crippen LogP contribution in [-0.2, 0) is 6.42 Å². The van der Waals surface area contributed by atoms with Crippen molar-refractivity contribution in [2.75, 3.05) is 6.54 Å². The van der Waals surface area contributed by atoms with E-state index < -0.39 is 0 Å². The van der Waals surface area contributed by atoms with Crippen molar-refractivity contribution in [3.05, 3.63) is 68.1 Å². The van der Waals surface area contributed by atoms with Gasteiger partial charge in [0.15, 0.2) is 0 Å². The SMILES string of the molecule is CCNC(Cc1cccc(Cl)c1)c1cc(Cl)cc(Br)c1. The quantitative estimate of drug-likeness (QED) is 0.714. The normalized spacial score (nSPS) is 12.4. The summed E-state index contributed by atoms with van der Waals surface area (Å²) in [6.45, 7) is 3.00. The second kappa shape index (κ2) is 7.46. The Kier molecular flexibility index (Phi) is 5.91. The summed E-state index contributed by atoms with van der Waals surface area (Å²) in [6, 6.07) is 14.2. The van der Waals surface area contributed by atoms with Gasteiger partial charge in [0, 0.05) is 20.6 Å². The highest BCUT2D eigenvalue weighted by Gasteiger charge is 2.13. The lowest BCUT2D eigenvalue weighted by molar-refractivity contribution is 0.549. The highest BCUT2D eigenvalue weighted by molar-refractivity contribution is 9.10. The fourth-order valence-electron chi connectivity index (χ4n) is 2.23. The monoisotopic (exact) mass is 371 g/mol. The zero-order chi connectivity index (χ0) is 14.5. The van der Waals surface area contributed by atoms with E-state index in [-0.39, 0.29) is 6.04 Å². The fourth-order valence-corrected chi connectivity index (χ4v) is 3.33. The van der Waals surface area contributed by atoms with Crippen LogP contribution < -0.4 is 5.32 Å². The predicted molar refractivity (Wildman–Crippen MR) is 90.7 cm³/mol. The van der Waals surface area contributed by atoms with E-state index in [1.165, 1.54) is 11.1 Å². The fraction of sp³-hybridized carbons (Fsp3) is 0.250. The van der Waals surface area contributed by atoms with Gasteiger partial charge in [0.05, 0.1) is 0 Å². The Morgan fingerprint density at radius 2 is 1.90 bits per heavy atom. The van der Waals surface area contributed by atoms with Gasteiger partial charge in [-0.25, -0.2) is 0 Å². The molecular weight excluding hydrogens is 357 g/mol. The van der Waals surface area contributed by atoms with Crippen molar-refractivity contribution in [2.45, 2.75) is 19.4 Å². The molecule has 2 aromatic rings. The van der Waals surface area contributed by atoms with Gasteiger partial charge < -0.3 is 5.32 Å². The number of hydrogen-bond donors (Lipinski definition) is 1. The number of halogens is 3. The first-order chi connectivity index (χ1) is 9.58. The van der Waals surface area contributed by atoms with E-state index in [2.05, 4.69) is 40.3 Å². The molecule has 0 aliphatic heterocycles. The molecule has 1 nitrogen and oxygen atoms in total. The molecule has 0 radical (unpaired) electrons. The highest BCUT2D eigenvalue weighted by Crippen LogP contribution is 2.26. The second-order valence-corrected chi connectivity index (χ2v) is 6.44. The molecule has 106 valence electrons. The molecular formula is C16H16BrCl2N. The topological polar surface area (TPSA) is 12.0 Å². The Labute approximate surface area is 138 Å².